The predicted molar refractivity (Wildman–Crippen MR) is 86.4 cm³/mol. The second kappa shape index (κ2) is 8.68. The SMILES string of the molecule is CCN1CCN(CCOc2ccc(C#CCN)cc2)CC1. The Balaban J connectivity index is 1.69. The number of nitrogens with zero attached hydrogens (tertiary/aromatic N) is 2. The summed E-state index contributed by atoms with van der Waals surface area (Å²) >= 11 is 0. The van der Waals surface area contributed by atoms with Crippen molar-refractivity contribution in [3.63, 3.8) is 0 Å². The third-order valence-electron chi connectivity index (χ3n) is 3.78. The molecular formula is C17H25N3O. The summed E-state index contributed by atoms with van der Waals surface area (Å²) in [7, 11) is 0. The van der Waals surface area contributed by atoms with Crippen molar-refractivity contribution in [3.8, 4) is 17.6 Å². The minimum atomic E-state index is 0.392. The van der Waals surface area contributed by atoms with Gasteiger partial charge in [-0.2, -0.15) is 0 Å². The Morgan fingerprint density at radius 1 is 1.10 bits per heavy atom. The fraction of sp³-hybridized carbons (Fsp3) is 0.529. The maximum atomic E-state index is 5.79. The zero-order chi connectivity index (χ0) is 14.9. The second-order valence-corrected chi connectivity index (χ2v) is 5.15. The summed E-state index contributed by atoms with van der Waals surface area (Å²) in [5.41, 5.74) is 6.33. The molecule has 0 saturated carbocycles. The molecule has 114 valence electrons. The molecule has 4 nitrogen and oxygen atoms in total. The first-order chi connectivity index (χ1) is 10.3. The van der Waals surface area contributed by atoms with Crippen LogP contribution < -0.4 is 10.5 Å². The normalized spacial score (nSPS) is 16.3. The highest BCUT2D eigenvalue weighted by Gasteiger charge is 2.14. The van der Waals surface area contributed by atoms with E-state index in [1.165, 1.54) is 13.1 Å². The van der Waals surface area contributed by atoms with E-state index in [1.807, 2.05) is 24.3 Å². The Morgan fingerprint density at radius 2 is 1.76 bits per heavy atom. The summed E-state index contributed by atoms with van der Waals surface area (Å²) in [4.78, 5) is 4.95. The molecular weight excluding hydrogens is 262 g/mol. The summed E-state index contributed by atoms with van der Waals surface area (Å²) < 4.78 is 5.79. The average Bonchev–Trinajstić information content (AvgIpc) is 2.55. The largest absolute Gasteiger partial charge is 0.492 e. The van der Waals surface area contributed by atoms with E-state index in [4.69, 9.17) is 10.5 Å². The topological polar surface area (TPSA) is 41.7 Å². The highest BCUT2D eigenvalue weighted by molar-refractivity contribution is 5.38. The first-order valence-corrected chi connectivity index (χ1v) is 7.68. The van der Waals surface area contributed by atoms with Gasteiger partial charge >= 0.3 is 0 Å². The van der Waals surface area contributed by atoms with E-state index in [1.54, 1.807) is 0 Å². The second-order valence-electron chi connectivity index (χ2n) is 5.15. The lowest BCUT2D eigenvalue weighted by Crippen LogP contribution is -2.47. The maximum absolute atomic E-state index is 5.79. The van der Waals surface area contributed by atoms with Gasteiger partial charge < -0.3 is 15.4 Å². The smallest absolute Gasteiger partial charge is 0.119 e. The van der Waals surface area contributed by atoms with E-state index in [-0.39, 0.29) is 0 Å². The third kappa shape index (κ3) is 5.39. The van der Waals surface area contributed by atoms with Gasteiger partial charge in [0.15, 0.2) is 0 Å². The van der Waals surface area contributed by atoms with Gasteiger partial charge in [0.1, 0.15) is 12.4 Å². The number of piperazine rings is 1. The Kier molecular flexibility index (Phi) is 6.55. The summed E-state index contributed by atoms with van der Waals surface area (Å²) in [6.45, 7) is 10.1. The van der Waals surface area contributed by atoms with Crippen LogP contribution in [0.2, 0.25) is 0 Å². The minimum Gasteiger partial charge on any atom is -0.492 e. The van der Waals surface area contributed by atoms with Gasteiger partial charge in [-0.15, -0.1) is 0 Å². The molecule has 1 saturated heterocycles. The number of nitrogens with two attached hydrogens (primary N) is 1. The number of hydrogen-bond acceptors (Lipinski definition) is 4. The van der Waals surface area contributed by atoms with Crippen LogP contribution in [-0.4, -0.2) is 62.2 Å². The molecule has 0 radical (unpaired) electrons. The van der Waals surface area contributed by atoms with Crippen LogP contribution in [0.1, 0.15) is 12.5 Å². The van der Waals surface area contributed by atoms with Crippen molar-refractivity contribution >= 4 is 0 Å². The van der Waals surface area contributed by atoms with Gasteiger partial charge in [0, 0.05) is 38.3 Å². The van der Waals surface area contributed by atoms with Crippen molar-refractivity contribution in [2.75, 3.05) is 52.4 Å². The Morgan fingerprint density at radius 3 is 2.38 bits per heavy atom. The van der Waals surface area contributed by atoms with Gasteiger partial charge in [0.05, 0.1) is 6.54 Å². The van der Waals surface area contributed by atoms with E-state index < -0.39 is 0 Å². The lowest BCUT2D eigenvalue weighted by molar-refractivity contribution is 0.121. The lowest BCUT2D eigenvalue weighted by atomic mass is 10.2. The summed E-state index contributed by atoms with van der Waals surface area (Å²) in [6, 6.07) is 7.88. The Hall–Kier alpha value is -1.54. The molecule has 4 heteroatoms. The van der Waals surface area contributed by atoms with Crippen LogP contribution in [0, 0.1) is 11.8 Å². The van der Waals surface area contributed by atoms with Gasteiger partial charge in [-0.3, -0.25) is 4.90 Å². The predicted octanol–water partition coefficient (Wildman–Crippen LogP) is 1.01. The van der Waals surface area contributed by atoms with Crippen LogP contribution in [-0.2, 0) is 0 Å². The first kappa shape index (κ1) is 15.8. The molecule has 1 aromatic carbocycles. The number of ether oxygens (including phenoxy) is 1. The van der Waals surface area contributed by atoms with Gasteiger partial charge in [-0.25, -0.2) is 0 Å². The minimum absolute atomic E-state index is 0.392. The molecule has 1 aliphatic heterocycles. The molecule has 1 aliphatic rings. The lowest BCUT2D eigenvalue weighted by Gasteiger charge is -2.33. The molecule has 1 aromatic rings. The molecule has 0 aromatic heterocycles. The summed E-state index contributed by atoms with van der Waals surface area (Å²) in [5.74, 6) is 6.75. The monoisotopic (exact) mass is 287 g/mol. The van der Waals surface area contributed by atoms with Crippen molar-refractivity contribution in [3.05, 3.63) is 29.8 Å². The molecule has 2 N–H and O–H groups in total. The van der Waals surface area contributed by atoms with Gasteiger partial charge in [0.2, 0.25) is 0 Å². The highest BCUT2D eigenvalue weighted by Crippen LogP contribution is 2.11. The summed E-state index contributed by atoms with van der Waals surface area (Å²) in [6.07, 6.45) is 0. The quantitative estimate of drug-likeness (QED) is 0.821. The molecule has 0 aliphatic carbocycles. The van der Waals surface area contributed by atoms with Crippen LogP contribution in [0.25, 0.3) is 0 Å². The molecule has 0 atom stereocenters. The average molecular weight is 287 g/mol. The number of benzene rings is 1. The van der Waals surface area contributed by atoms with Crippen LogP contribution in [0.5, 0.6) is 5.75 Å². The van der Waals surface area contributed by atoms with Crippen molar-refractivity contribution in [2.45, 2.75) is 6.92 Å². The molecule has 1 fully saturated rings. The fourth-order valence-corrected chi connectivity index (χ4v) is 2.41. The first-order valence-electron chi connectivity index (χ1n) is 7.68. The van der Waals surface area contributed by atoms with Crippen LogP contribution in [0.15, 0.2) is 24.3 Å². The molecule has 0 amide bonds. The molecule has 0 spiro atoms. The van der Waals surface area contributed by atoms with Crippen molar-refractivity contribution in [1.82, 2.24) is 9.80 Å². The Bertz CT molecular complexity index is 467. The van der Waals surface area contributed by atoms with E-state index in [0.29, 0.717) is 6.54 Å². The third-order valence-corrected chi connectivity index (χ3v) is 3.78. The molecule has 0 bridgehead atoms. The zero-order valence-electron chi connectivity index (χ0n) is 12.8. The van der Waals surface area contributed by atoms with E-state index in [9.17, 15) is 0 Å². The molecule has 2 rings (SSSR count). The molecule has 0 unspecified atom stereocenters. The van der Waals surface area contributed by atoms with E-state index >= 15 is 0 Å². The van der Waals surface area contributed by atoms with Gasteiger partial charge in [0.25, 0.3) is 0 Å². The van der Waals surface area contributed by atoms with E-state index in [2.05, 4.69) is 28.6 Å². The standard InChI is InChI=1S/C17H25N3O/c1-2-19-10-12-20(13-11-19)14-15-21-17-7-5-16(6-8-17)4-3-9-18/h5-8H,2,9-15,18H2,1H3. The molecule has 21 heavy (non-hydrogen) atoms. The van der Waals surface area contributed by atoms with Crippen molar-refractivity contribution in [2.24, 2.45) is 5.73 Å². The Labute approximate surface area is 127 Å². The maximum Gasteiger partial charge on any atom is 0.119 e. The van der Waals surface area contributed by atoms with Crippen molar-refractivity contribution in [1.29, 1.82) is 0 Å². The summed E-state index contributed by atoms with van der Waals surface area (Å²) in [5, 5.41) is 0. The zero-order valence-corrected chi connectivity index (χ0v) is 12.8. The van der Waals surface area contributed by atoms with Crippen LogP contribution >= 0.6 is 0 Å². The fourth-order valence-electron chi connectivity index (χ4n) is 2.41. The van der Waals surface area contributed by atoms with Gasteiger partial charge in [-0.05, 0) is 30.8 Å². The highest BCUT2D eigenvalue weighted by atomic mass is 16.5. The van der Waals surface area contributed by atoms with Crippen LogP contribution in [0.4, 0.5) is 0 Å². The van der Waals surface area contributed by atoms with Crippen LogP contribution in [0.3, 0.4) is 0 Å². The molecule has 1 heterocycles. The van der Waals surface area contributed by atoms with Gasteiger partial charge in [-0.1, -0.05) is 18.8 Å². The number of rotatable bonds is 5. The van der Waals surface area contributed by atoms with E-state index in [0.717, 1.165) is 44.1 Å². The van der Waals surface area contributed by atoms with Crippen molar-refractivity contribution < 1.29 is 4.74 Å². The number of likely N-dealkylation sites (N-methyl/N-ethyl adjacent to an activating group) is 1. The number of hydrogen-bond donors (Lipinski definition) is 1.